The maximum atomic E-state index is 13.4. The monoisotopic (exact) mass is 434 g/mol. The van der Waals surface area contributed by atoms with Crippen molar-refractivity contribution >= 4 is 29.4 Å². The van der Waals surface area contributed by atoms with Crippen LogP contribution in [0.25, 0.3) is 6.08 Å². The molecule has 0 unspecified atom stereocenters. The van der Waals surface area contributed by atoms with Gasteiger partial charge in [-0.15, -0.1) is 0 Å². The molecule has 2 aromatic carbocycles. The second-order valence-corrected chi connectivity index (χ2v) is 7.92. The van der Waals surface area contributed by atoms with Crippen LogP contribution in [0.2, 0.25) is 0 Å². The van der Waals surface area contributed by atoms with Crippen LogP contribution in [-0.4, -0.2) is 28.7 Å². The Bertz CT molecular complexity index is 1380. The van der Waals surface area contributed by atoms with Gasteiger partial charge in [0.1, 0.15) is 0 Å². The number of allylic oxidation sites excluding steroid dienone is 1. The highest BCUT2D eigenvalue weighted by molar-refractivity contribution is 7.07. The molecule has 4 rings (SSSR count). The number of carboxylic acids is 1. The lowest BCUT2D eigenvalue weighted by molar-refractivity contribution is -0.136. The van der Waals surface area contributed by atoms with Crippen molar-refractivity contribution in [3.8, 4) is 0 Å². The van der Waals surface area contributed by atoms with Crippen LogP contribution in [0, 0.1) is 0 Å². The molecule has 0 amide bonds. The molecule has 8 heteroatoms. The van der Waals surface area contributed by atoms with Gasteiger partial charge in [0.05, 0.1) is 34.5 Å². The molecule has 0 saturated heterocycles. The number of nitrogens with zero attached hydrogens (tertiary/aromatic N) is 2. The summed E-state index contributed by atoms with van der Waals surface area (Å²) in [5.74, 6) is -1.55. The molecule has 3 aromatic rings. The van der Waals surface area contributed by atoms with E-state index < -0.39 is 18.0 Å². The van der Waals surface area contributed by atoms with E-state index in [0.717, 1.165) is 5.56 Å². The molecule has 31 heavy (non-hydrogen) atoms. The van der Waals surface area contributed by atoms with Gasteiger partial charge in [0.15, 0.2) is 4.80 Å². The third-order valence-corrected chi connectivity index (χ3v) is 5.98. The SMILES string of the molecule is COC(=O)C1=C(C)N=c2s/c(=C\c3ccc(C(=O)O)cc3)c(=O)n2[C@@H]1c1ccccc1. The van der Waals surface area contributed by atoms with Gasteiger partial charge in [0.25, 0.3) is 5.56 Å². The first-order chi connectivity index (χ1) is 14.9. The summed E-state index contributed by atoms with van der Waals surface area (Å²) in [4.78, 5) is 41.9. The minimum absolute atomic E-state index is 0.168. The normalized spacial score (nSPS) is 15.9. The zero-order chi connectivity index (χ0) is 22.1. The van der Waals surface area contributed by atoms with Crippen LogP contribution in [0.15, 0.2) is 75.7 Å². The first-order valence-electron chi connectivity index (χ1n) is 9.40. The molecule has 0 spiro atoms. The summed E-state index contributed by atoms with van der Waals surface area (Å²) < 4.78 is 6.92. The lowest BCUT2D eigenvalue weighted by atomic mass is 9.96. The third-order valence-electron chi connectivity index (χ3n) is 5.00. The predicted octanol–water partition coefficient (Wildman–Crippen LogP) is 2.11. The molecule has 1 aliphatic rings. The Morgan fingerprint density at radius 1 is 1.13 bits per heavy atom. The third kappa shape index (κ3) is 3.73. The number of benzene rings is 2. The van der Waals surface area contributed by atoms with Crippen LogP contribution >= 0.6 is 11.3 Å². The highest BCUT2D eigenvalue weighted by Gasteiger charge is 2.32. The Kier molecular flexibility index (Phi) is 5.39. The molecule has 7 nitrogen and oxygen atoms in total. The van der Waals surface area contributed by atoms with Crippen molar-refractivity contribution < 1.29 is 19.4 Å². The Balaban J connectivity index is 1.92. The molecule has 0 fully saturated rings. The smallest absolute Gasteiger partial charge is 0.338 e. The molecular formula is C23H18N2O5S. The van der Waals surface area contributed by atoms with E-state index in [9.17, 15) is 14.4 Å². The fraction of sp³-hybridized carbons (Fsp3) is 0.130. The average molecular weight is 434 g/mol. The minimum Gasteiger partial charge on any atom is -0.478 e. The summed E-state index contributed by atoms with van der Waals surface area (Å²) in [6.45, 7) is 1.73. The molecule has 0 bridgehead atoms. The van der Waals surface area contributed by atoms with E-state index in [-0.39, 0.29) is 11.1 Å². The molecule has 0 radical (unpaired) electrons. The van der Waals surface area contributed by atoms with E-state index in [1.165, 1.54) is 35.1 Å². The van der Waals surface area contributed by atoms with E-state index in [0.29, 0.717) is 26.2 Å². The number of hydrogen-bond acceptors (Lipinski definition) is 6. The number of carbonyl (C=O) groups excluding carboxylic acids is 1. The Hall–Kier alpha value is -3.78. The number of carboxylic acid groups (broad SMARTS) is 1. The van der Waals surface area contributed by atoms with Crippen LogP contribution in [0.5, 0.6) is 0 Å². The standard InChI is InChI=1S/C23H18N2O5S/c1-13-18(22(29)30-2)19(15-6-4-3-5-7-15)25-20(26)17(31-23(25)24-13)12-14-8-10-16(11-9-14)21(27)28/h3-12,19H,1-2H3,(H,27,28)/b17-12-/t19-/m1/s1. The summed E-state index contributed by atoms with van der Waals surface area (Å²) in [5.41, 5.74) is 2.17. The maximum Gasteiger partial charge on any atom is 0.338 e. The summed E-state index contributed by atoms with van der Waals surface area (Å²) in [7, 11) is 1.30. The molecular weight excluding hydrogens is 416 g/mol. The van der Waals surface area contributed by atoms with Crippen molar-refractivity contribution in [1.82, 2.24) is 4.57 Å². The highest BCUT2D eigenvalue weighted by Crippen LogP contribution is 2.30. The van der Waals surface area contributed by atoms with Crippen LogP contribution in [0.1, 0.15) is 34.5 Å². The molecule has 2 heterocycles. The van der Waals surface area contributed by atoms with Gasteiger partial charge in [-0.25, -0.2) is 14.6 Å². The summed E-state index contributed by atoms with van der Waals surface area (Å²) >= 11 is 1.22. The van der Waals surface area contributed by atoms with E-state index in [1.54, 1.807) is 25.1 Å². The molecule has 1 aromatic heterocycles. The number of rotatable bonds is 4. The second-order valence-electron chi connectivity index (χ2n) is 6.91. The maximum absolute atomic E-state index is 13.4. The molecule has 1 N–H and O–H groups in total. The van der Waals surface area contributed by atoms with E-state index in [1.807, 2.05) is 30.3 Å². The van der Waals surface area contributed by atoms with Gasteiger partial charge < -0.3 is 9.84 Å². The van der Waals surface area contributed by atoms with Crippen LogP contribution < -0.4 is 14.9 Å². The molecule has 1 aliphatic heterocycles. The van der Waals surface area contributed by atoms with Gasteiger partial charge in [-0.1, -0.05) is 53.8 Å². The van der Waals surface area contributed by atoms with Crippen molar-refractivity contribution in [1.29, 1.82) is 0 Å². The van der Waals surface area contributed by atoms with Crippen LogP contribution in [0.3, 0.4) is 0 Å². The van der Waals surface area contributed by atoms with Crippen molar-refractivity contribution in [3.05, 3.63) is 102 Å². The van der Waals surface area contributed by atoms with E-state index in [2.05, 4.69) is 4.99 Å². The van der Waals surface area contributed by atoms with Gasteiger partial charge in [-0.3, -0.25) is 9.36 Å². The lowest BCUT2D eigenvalue weighted by Crippen LogP contribution is -2.39. The van der Waals surface area contributed by atoms with Crippen molar-refractivity contribution in [2.45, 2.75) is 13.0 Å². The summed E-state index contributed by atoms with van der Waals surface area (Å²) in [6, 6.07) is 14.9. The topological polar surface area (TPSA) is 98.0 Å². The molecule has 1 atom stereocenters. The number of aromatic nitrogens is 1. The van der Waals surface area contributed by atoms with Gasteiger partial charge in [-0.05, 0) is 36.3 Å². The Morgan fingerprint density at radius 3 is 2.42 bits per heavy atom. The highest BCUT2D eigenvalue weighted by atomic mass is 32.1. The number of thiazole rings is 1. The summed E-state index contributed by atoms with van der Waals surface area (Å²) in [5, 5.41) is 9.06. The Morgan fingerprint density at radius 2 is 1.81 bits per heavy atom. The van der Waals surface area contributed by atoms with Crippen molar-refractivity contribution in [3.63, 3.8) is 0 Å². The number of fused-ring (bicyclic) bond motifs is 1. The number of ether oxygens (including phenoxy) is 1. The van der Waals surface area contributed by atoms with Crippen molar-refractivity contribution in [2.24, 2.45) is 4.99 Å². The molecule has 0 aliphatic carbocycles. The lowest BCUT2D eigenvalue weighted by Gasteiger charge is -2.24. The van der Waals surface area contributed by atoms with E-state index >= 15 is 0 Å². The number of aromatic carboxylic acids is 1. The van der Waals surface area contributed by atoms with E-state index in [4.69, 9.17) is 9.84 Å². The first kappa shape index (κ1) is 20.5. The summed E-state index contributed by atoms with van der Waals surface area (Å²) in [6.07, 6.45) is 1.69. The predicted molar refractivity (Wildman–Crippen MR) is 116 cm³/mol. The fourth-order valence-corrected chi connectivity index (χ4v) is 4.56. The number of hydrogen-bond donors (Lipinski definition) is 1. The van der Waals surface area contributed by atoms with Crippen molar-refractivity contribution in [2.75, 3.05) is 7.11 Å². The second kappa shape index (κ2) is 8.16. The zero-order valence-corrected chi connectivity index (χ0v) is 17.6. The van der Waals surface area contributed by atoms with Gasteiger partial charge in [-0.2, -0.15) is 0 Å². The van der Waals surface area contributed by atoms with Gasteiger partial charge >= 0.3 is 11.9 Å². The first-order valence-corrected chi connectivity index (χ1v) is 10.2. The fourth-order valence-electron chi connectivity index (χ4n) is 3.52. The van der Waals surface area contributed by atoms with Crippen LogP contribution in [0.4, 0.5) is 0 Å². The Labute approximate surface area is 180 Å². The molecule has 0 saturated carbocycles. The zero-order valence-electron chi connectivity index (χ0n) is 16.7. The minimum atomic E-state index is -1.01. The van der Waals surface area contributed by atoms with Gasteiger partial charge in [0, 0.05) is 0 Å². The number of methoxy groups -OCH3 is 1. The largest absolute Gasteiger partial charge is 0.478 e. The average Bonchev–Trinajstić information content (AvgIpc) is 3.07. The van der Waals surface area contributed by atoms with Crippen LogP contribution in [-0.2, 0) is 9.53 Å². The number of esters is 1. The van der Waals surface area contributed by atoms with Gasteiger partial charge in [0.2, 0.25) is 0 Å². The number of carbonyl (C=O) groups is 2. The quantitative estimate of drug-likeness (QED) is 0.635. The molecule has 156 valence electrons.